The molecule has 9 heteroatoms. The summed E-state index contributed by atoms with van der Waals surface area (Å²) in [7, 11) is 0. The summed E-state index contributed by atoms with van der Waals surface area (Å²) in [6.45, 7) is 1.75. The molecule has 0 atom stereocenters. The van der Waals surface area contributed by atoms with Crippen LogP contribution in [0.25, 0.3) is 27.8 Å². The molecule has 0 saturated heterocycles. The Bertz CT molecular complexity index is 1160. The number of carbonyl (C=O) groups is 1. The molecule has 28 heavy (non-hydrogen) atoms. The first-order valence-electron chi connectivity index (χ1n) is 9.04. The summed E-state index contributed by atoms with van der Waals surface area (Å²) >= 11 is 0. The normalized spacial score (nSPS) is 12.7. The smallest absolute Gasteiger partial charge is 0.212 e. The molecule has 3 heterocycles. The molecule has 7 nitrogen and oxygen atoms in total. The number of hydrogen-bond donors (Lipinski definition) is 2. The van der Waals surface area contributed by atoms with Gasteiger partial charge in [0.05, 0.1) is 11.9 Å². The van der Waals surface area contributed by atoms with Crippen LogP contribution in [-0.4, -0.2) is 31.2 Å². The quantitative estimate of drug-likeness (QED) is 0.523. The Morgan fingerprint density at radius 2 is 2.07 bits per heavy atom. The minimum absolute atomic E-state index is 0.00296. The highest BCUT2D eigenvalue weighted by Gasteiger charge is 2.22. The van der Waals surface area contributed by atoms with E-state index < -0.39 is 11.6 Å². The Morgan fingerprint density at radius 1 is 1.29 bits per heavy atom. The van der Waals surface area contributed by atoms with E-state index in [0.29, 0.717) is 40.9 Å². The number of nitrogens with zero attached hydrogens (tertiary/aromatic N) is 4. The average Bonchev–Trinajstić information content (AvgIpc) is 3.40. The van der Waals surface area contributed by atoms with Gasteiger partial charge in [0, 0.05) is 28.8 Å². The summed E-state index contributed by atoms with van der Waals surface area (Å²) in [6, 6.07) is 3.24. The zero-order chi connectivity index (χ0) is 19.7. The van der Waals surface area contributed by atoms with E-state index in [1.165, 1.54) is 30.0 Å². The van der Waals surface area contributed by atoms with Crippen LogP contribution in [0.2, 0.25) is 0 Å². The van der Waals surface area contributed by atoms with Crippen molar-refractivity contribution in [1.29, 1.82) is 0 Å². The third-order valence-electron chi connectivity index (χ3n) is 4.38. The van der Waals surface area contributed by atoms with E-state index in [-0.39, 0.29) is 11.1 Å². The largest absolute Gasteiger partial charge is 0.312 e. The Kier molecular flexibility index (Phi) is 4.72. The second-order valence-corrected chi connectivity index (χ2v) is 6.46. The van der Waals surface area contributed by atoms with Crippen LogP contribution < -0.4 is 5.32 Å². The highest BCUT2D eigenvalue weighted by atomic mass is 19.2. The molecule has 3 aromatic heterocycles. The van der Waals surface area contributed by atoms with Gasteiger partial charge in [0.2, 0.25) is 6.41 Å². The van der Waals surface area contributed by atoms with Gasteiger partial charge < -0.3 is 5.32 Å². The van der Waals surface area contributed by atoms with E-state index in [9.17, 15) is 13.6 Å². The monoisotopic (exact) mass is 384 g/mol. The van der Waals surface area contributed by atoms with Crippen molar-refractivity contribution in [3.8, 4) is 11.3 Å². The molecule has 1 amide bonds. The van der Waals surface area contributed by atoms with E-state index in [1.54, 1.807) is 25.3 Å². The number of anilines is 1. The van der Waals surface area contributed by atoms with Crippen LogP contribution in [0.3, 0.4) is 0 Å². The van der Waals surface area contributed by atoms with Gasteiger partial charge >= 0.3 is 0 Å². The van der Waals surface area contributed by atoms with Crippen molar-refractivity contribution in [2.45, 2.75) is 32.6 Å². The summed E-state index contributed by atoms with van der Waals surface area (Å²) < 4.78 is 30.1. The standard InChI is InChI=1S/C16H12F2N6O.C3H6/c1-2-8-13(9-6-20-22-16(9)15(18)14(8)17)10-3-4-24-12(21-10)5-11(23-24)19-7-25;1-2-3-1/h3-7H,2H2,1H3,(H,20,22)(H,19,23,25);1-3H2. The number of fused-ring (bicyclic) bond motifs is 2. The summed E-state index contributed by atoms with van der Waals surface area (Å²) in [6.07, 6.45) is 8.40. The number of aromatic nitrogens is 5. The number of hydrogen-bond acceptors (Lipinski definition) is 4. The molecule has 0 aliphatic heterocycles. The highest BCUT2D eigenvalue weighted by molar-refractivity contribution is 5.96. The molecule has 2 N–H and O–H groups in total. The van der Waals surface area contributed by atoms with Crippen LogP contribution in [0.1, 0.15) is 31.7 Å². The van der Waals surface area contributed by atoms with Crippen molar-refractivity contribution >= 4 is 28.8 Å². The summed E-state index contributed by atoms with van der Waals surface area (Å²) in [4.78, 5) is 15.0. The molecule has 0 unspecified atom stereocenters. The molecule has 1 aromatic carbocycles. The predicted octanol–water partition coefficient (Wildman–Crippen LogP) is 3.85. The van der Waals surface area contributed by atoms with Crippen LogP contribution in [0, 0.1) is 11.6 Å². The molecule has 144 valence electrons. The molecule has 1 fully saturated rings. The van der Waals surface area contributed by atoms with E-state index in [1.807, 2.05) is 0 Å². The van der Waals surface area contributed by atoms with Crippen LogP contribution in [0.5, 0.6) is 0 Å². The number of carbonyl (C=O) groups excluding carboxylic acids is 1. The fraction of sp³-hybridized carbons (Fsp3) is 0.263. The number of benzene rings is 1. The highest BCUT2D eigenvalue weighted by Crippen LogP contribution is 2.35. The first-order chi connectivity index (χ1) is 13.6. The van der Waals surface area contributed by atoms with Gasteiger partial charge in [-0.1, -0.05) is 26.2 Å². The van der Waals surface area contributed by atoms with E-state index in [2.05, 4.69) is 25.6 Å². The SMILES string of the molecule is C1CC1.CCc1c(F)c(F)c2[nH]ncc2c1-c1ccn2nc(NC=O)cc2n1. The van der Waals surface area contributed by atoms with Gasteiger partial charge in [-0.2, -0.15) is 5.10 Å². The molecular weight excluding hydrogens is 366 g/mol. The predicted molar refractivity (Wildman–Crippen MR) is 101 cm³/mol. The minimum Gasteiger partial charge on any atom is -0.312 e. The average molecular weight is 384 g/mol. The van der Waals surface area contributed by atoms with Crippen molar-refractivity contribution in [1.82, 2.24) is 24.8 Å². The van der Waals surface area contributed by atoms with E-state index >= 15 is 0 Å². The molecule has 1 saturated carbocycles. The third kappa shape index (κ3) is 3.19. The summed E-state index contributed by atoms with van der Waals surface area (Å²) in [5, 5.41) is 13.3. The lowest BCUT2D eigenvalue weighted by atomic mass is 9.97. The van der Waals surface area contributed by atoms with Crippen molar-refractivity contribution in [2.24, 2.45) is 0 Å². The van der Waals surface area contributed by atoms with Gasteiger partial charge in [0.25, 0.3) is 0 Å². The molecule has 4 aromatic rings. The van der Waals surface area contributed by atoms with Crippen LogP contribution in [0.4, 0.5) is 14.6 Å². The minimum atomic E-state index is -0.948. The fourth-order valence-electron chi connectivity index (χ4n) is 2.93. The number of H-pyrrole nitrogens is 1. The zero-order valence-corrected chi connectivity index (χ0v) is 15.2. The van der Waals surface area contributed by atoms with Gasteiger partial charge in [-0.25, -0.2) is 18.3 Å². The van der Waals surface area contributed by atoms with Gasteiger partial charge in [0.1, 0.15) is 5.52 Å². The fourth-order valence-corrected chi connectivity index (χ4v) is 2.93. The van der Waals surface area contributed by atoms with Crippen molar-refractivity contribution in [3.05, 3.63) is 41.7 Å². The number of aromatic amines is 1. The second-order valence-electron chi connectivity index (χ2n) is 6.46. The molecular formula is C19H18F2N6O. The van der Waals surface area contributed by atoms with Crippen molar-refractivity contribution < 1.29 is 13.6 Å². The molecule has 1 aliphatic carbocycles. The lowest BCUT2D eigenvalue weighted by molar-refractivity contribution is -0.105. The Labute approximate surface area is 158 Å². The van der Waals surface area contributed by atoms with Crippen molar-refractivity contribution in [2.75, 3.05) is 5.32 Å². The Hall–Kier alpha value is -3.36. The first kappa shape index (κ1) is 18.0. The van der Waals surface area contributed by atoms with Gasteiger partial charge in [-0.15, -0.1) is 5.10 Å². The first-order valence-corrected chi connectivity index (χ1v) is 9.04. The third-order valence-corrected chi connectivity index (χ3v) is 4.38. The Morgan fingerprint density at radius 3 is 2.75 bits per heavy atom. The lowest BCUT2D eigenvalue weighted by Crippen LogP contribution is -2.01. The van der Waals surface area contributed by atoms with Crippen LogP contribution in [0.15, 0.2) is 24.5 Å². The van der Waals surface area contributed by atoms with Gasteiger partial charge in [0.15, 0.2) is 23.1 Å². The second kappa shape index (κ2) is 7.34. The maximum Gasteiger partial charge on any atom is 0.212 e. The molecule has 0 spiro atoms. The topological polar surface area (TPSA) is 88.0 Å². The van der Waals surface area contributed by atoms with Gasteiger partial charge in [-0.3, -0.25) is 9.89 Å². The number of amides is 1. The van der Waals surface area contributed by atoms with E-state index in [4.69, 9.17) is 0 Å². The maximum absolute atomic E-state index is 14.5. The molecule has 0 bridgehead atoms. The van der Waals surface area contributed by atoms with Gasteiger partial charge in [-0.05, 0) is 12.5 Å². The van der Waals surface area contributed by atoms with Crippen LogP contribution in [-0.2, 0) is 11.2 Å². The summed E-state index contributed by atoms with van der Waals surface area (Å²) in [5.74, 6) is -1.52. The Balaban J connectivity index is 0.000000586. The lowest BCUT2D eigenvalue weighted by Gasteiger charge is -2.11. The molecule has 1 aliphatic rings. The molecule has 5 rings (SSSR count). The maximum atomic E-state index is 14.5. The zero-order valence-electron chi connectivity index (χ0n) is 15.2. The van der Waals surface area contributed by atoms with Crippen LogP contribution >= 0.6 is 0 Å². The summed E-state index contributed by atoms with van der Waals surface area (Å²) in [5.41, 5.74) is 1.65. The number of nitrogens with one attached hydrogen (secondary N) is 2. The van der Waals surface area contributed by atoms with Crippen molar-refractivity contribution in [3.63, 3.8) is 0 Å². The van der Waals surface area contributed by atoms with E-state index in [0.717, 1.165) is 0 Å². The number of rotatable bonds is 4. The molecule has 0 radical (unpaired) electrons. The number of halogens is 2.